The van der Waals surface area contributed by atoms with Crippen molar-refractivity contribution in [1.82, 2.24) is 30.4 Å². The van der Waals surface area contributed by atoms with E-state index < -0.39 is 0 Å². The lowest BCUT2D eigenvalue weighted by Crippen LogP contribution is -2.38. The topological polar surface area (TPSA) is 106 Å². The summed E-state index contributed by atoms with van der Waals surface area (Å²) in [4.78, 5) is 27.2. The first-order valence-electron chi connectivity index (χ1n) is 9.99. The summed E-state index contributed by atoms with van der Waals surface area (Å²) in [6, 6.07) is 9.65. The zero-order valence-corrected chi connectivity index (χ0v) is 17.0. The van der Waals surface area contributed by atoms with Crippen molar-refractivity contribution < 1.29 is 14.1 Å². The minimum absolute atomic E-state index is 0.0203. The van der Waals surface area contributed by atoms with Crippen LogP contribution in [0.3, 0.4) is 0 Å². The van der Waals surface area contributed by atoms with Gasteiger partial charge in [-0.05, 0) is 32.3 Å². The van der Waals surface area contributed by atoms with Crippen LogP contribution in [0.4, 0.5) is 0 Å². The van der Waals surface area contributed by atoms with E-state index in [1.807, 2.05) is 35.2 Å². The Labute approximate surface area is 174 Å². The predicted octanol–water partition coefficient (Wildman–Crippen LogP) is 2.12. The third-order valence-corrected chi connectivity index (χ3v) is 5.35. The minimum atomic E-state index is -0.278. The lowest BCUT2D eigenvalue weighted by molar-refractivity contribution is 0.0718. The zero-order valence-electron chi connectivity index (χ0n) is 17.0. The fourth-order valence-electron chi connectivity index (χ4n) is 3.80. The van der Waals surface area contributed by atoms with Gasteiger partial charge in [0.2, 0.25) is 0 Å². The van der Waals surface area contributed by atoms with Gasteiger partial charge in [0.25, 0.3) is 11.8 Å². The largest absolute Gasteiger partial charge is 0.361 e. The van der Waals surface area contributed by atoms with Crippen LogP contribution < -0.4 is 5.32 Å². The molecule has 0 aliphatic carbocycles. The highest BCUT2D eigenvalue weighted by molar-refractivity contribution is 5.96. The van der Waals surface area contributed by atoms with Crippen LogP contribution in [0.2, 0.25) is 0 Å². The molecule has 156 valence electrons. The first-order chi connectivity index (χ1) is 14.5. The van der Waals surface area contributed by atoms with Crippen LogP contribution in [0.1, 0.15) is 50.7 Å². The van der Waals surface area contributed by atoms with Crippen LogP contribution in [-0.4, -0.2) is 49.5 Å². The molecule has 0 spiro atoms. The van der Waals surface area contributed by atoms with Gasteiger partial charge in [0.1, 0.15) is 11.3 Å². The van der Waals surface area contributed by atoms with Gasteiger partial charge in [0.15, 0.2) is 5.69 Å². The monoisotopic (exact) mass is 408 g/mol. The van der Waals surface area contributed by atoms with Crippen LogP contribution in [-0.2, 0) is 13.1 Å². The molecule has 9 heteroatoms. The Kier molecular flexibility index (Phi) is 5.60. The second kappa shape index (κ2) is 8.48. The van der Waals surface area contributed by atoms with Gasteiger partial charge in [-0.1, -0.05) is 40.7 Å². The van der Waals surface area contributed by atoms with E-state index in [2.05, 4.69) is 20.8 Å². The first-order valence-corrected chi connectivity index (χ1v) is 9.99. The molecule has 0 radical (unpaired) electrons. The molecule has 0 bridgehead atoms. The number of carbonyl (C=O) groups is 2. The smallest absolute Gasteiger partial charge is 0.273 e. The molecule has 1 unspecified atom stereocenters. The van der Waals surface area contributed by atoms with Crippen LogP contribution >= 0.6 is 0 Å². The molecule has 3 aromatic rings. The predicted molar refractivity (Wildman–Crippen MR) is 108 cm³/mol. The highest BCUT2D eigenvalue weighted by Gasteiger charge is 2.33. The van der Waals surface area contributed by atoms with Crippen LogP contribution in [0.25, 0.3) is 0 Å². The number of hydrogen-bond acceptors (Lipinski definition) is 6. The van der Waals surface area contributed by atoms with E-state index in [1.54, 1.807) is 24.7 Å². The summed E-state index contributed by atoms with van der Waals surface area (Å²) >= 11 is 0. The number of aromatic nitrogens is 4. The summed E-state index contributed by atoms with van der Waals surface area (Å²) in [7, 11) is 0. The summed E-state index contributed by atoms with van der Waals surface area (Å²) in [6.45, 7) is 5.10. The number of rotatable bonds is 6. The molecule has 1 aliphatic heterocycles. The summed E-state index contributed by atoms with van der Waals surface area (Å²) < 4.78 is 6.77. The number of likely N-dealkylation sites (tertiary alicyclic amines) is 1. The summed E-state index contributed by atoms with van der Waals surface area (Å²) in [5.41, 5.74) is 2.40. The number of hydrogen-bond donors (Lipinski definition) is 1. The van der Waals surface area contributed by atoms with Gasteiger partial charge in [-0.2, -0.15) is 0 Å². The standard InChI is InChI=1S/C21H24N6O3/c1-14-19(15(2)30-24-14)21(29)27-10-6-9-17(27)12-26-13-18(23-25-26)20(28)22-11-16-7-4-3-5-8-16/h3-5,7-8,13,17H,6,9-12H2,1-2H3,(H,22,28). The molecular weight excluding hydrogens is 384 g/mol. The third kappa shape index (κ3) is 4.10. The number of nitrogens with one attached hydrogen (secondary N) is 1. The second-order valence-corrected chi connectivity index (χ2v) is 7.49. The van der Waals surface area contributed by atoms with Crippen molar-refractivity contribution >= 4 is 11.8 Å². The van der Waals surface area contributed by atoms with E-state index in [4.69, 9.17) is 4.52 Å². The molecule has 0 saturated carbocycles. The Bertz CT molecular complexity index is 1020. The van der Waals surface area contributed by atoms with Gasteiger partial charge in [-0.15, -0.1) is 5.10 Å². The fraction of sp³-hybridized carbons (Fsp3) is 0.381. The Balaban J connectivity index is 1.39. The van der Waals surface area contributed by atoms with Crippen LogP contribution in [0.15, 0.2) is 41.1 Å². The Morgan fingerprint density at radius 2 is 2.03 bits per heavy atom. The molecule has 2 amide bonds. The maximum atomic E-state index is 13.0. The summed E-state index contributed by atoms with van der Waals surface area (Å²) in [5.74, 6) is 0.177. The van der Waals surface area contributed by atoms with Gasteiger partial charge in [0.05, 0.1) is 24.5 Å². The first kappa shape index (κ1) is 19.8. The van der Waals surface area contributed by atoms with E-state index >= 15 is 0 Å². The lowest BCUT2D eigenvalue weighted by atomic mass is 10.1. The third-order valence-electron chi connectivity index (χ3n) is 5.35. The van der Waals surface area contributed by atoms with Gasteiger partial charge < -0.3 is 14.7 Å². The molecule has 1 atom stereocenters. The molecule has 1 fully saturated rings. The highest BCUT2D eigenvalue weighted by Crippen LogP contribution is 2.24. The lowest BCUT2D eigenvalue weighted by Gasteiger charge is -2.24. The van der Waals surface area contributed by atoms with Crippen molar-refractivity contribution in [2.45, 2.75) is 45.8 Å². The average Bonchev–Trinajstić information content (AvgIpc) is 3.48. The van der Waals surface area contributed by atoms with E-state index in [0.29, 0.717) is 36.7 Å². The van der Waals surface area contributed by atoms with Gasteiger partial charge in [-0.25, -0.2) is 4.68 Å². The molecule has 1 saturated heterocycles. The highest BCUT2D eigenvalue weighted by atomic mass is 16.5. The van der Waals surface area contributed by atoms with Crippen LogP contribution in [0, 0.1) is 13.8 Å². The quantitative estimate of drug-likeness (QED) is 0.670. The number of aryl methyl sites for hydroxylation is 2. The van der Waals surface area contributed by atoms with E-state index in [-0.39, 0.29) is 23.6 Å². The number of amides is 2. The maximum absolute atomic E-state index is 13.0. The van der Waals surface area contributed by atoms with Crippen LogP contribution in [0.5, 0.6) is 0 Å². The molecule has 1 aromatic carbocycles. The van der Waals surface area contributed by atoms with E-state index in [0.717, 1.165) is 18.4 Å². The summed E-state index contributed by atoms with van der Waals surface area (Å²) in [6.07, 6.45) is 3.40. The second-order valence-electron chi connectivity index (χ2n) is 7.49. The van der Waals surface area contributed by atoms with Crippen molar-refractivity contribution in [2.24, 2.45) is 0 Å². The SMILES string of the molecule is Cc1noc(C)c1C(=O)N1CCCC1Cn1cc(C(=O)NCc2ccccc2)nn1. The number of benzene rings is 1. The number of carbonyl (C=O) groups excluding carboxylic acids is 2. The van der Waals surface area contributed by atoms with E-state index in [1.165, 1.54) is 0 Å². The number of nitrogens with zero attached hydrogens (tertiary/aromatic N) is 5. The Morgan fingerprint density at radius 1 is 1.23 bits per heavy atom. The van der Waals surface area contributed by atoms with Crippen molar-refractivity contribution in [3.8, 4) is 0 Å². The normalized spacial score (nSPS) is 16.1. The minimum Gasteiger partial charge on any atom is -0.361 e. The molecule has 30 heavy (non-hydrogen) atoms. The molecular formula is C21H24N6O3. The molecule has 9 nitrogen and oxygen atoms in total. The van der Waals surface area contributed by atoms with Crippen molar-refractivity contribution in [3.05, 3.63) is 64.8 Å². The maximum Gasteiger partial charge on any atom is 0.273 e. The molecule has 2 aromatic heterocycles. The zero-order chi connectivity index (χ0) is 21.1. The van der Waals surface area contributed by atoms with Gasteiger partial charge >= 0.3 is 0 Å². The van der Waals surface area contributed by atoms with Crippen molar-refractivity contribution in [2.75, 3.05) is 6.54 Å². The molecule has 1 aliphatic rings. The molecule has 1 N–H and O–H groups in total. The Hall–Kier alpha value is -3.49. The fourth-order valence-corrected chi connectivity index (χ4v) is 3.80. The molecule has 3 heterocycles. The average molecular weight is 408 g/mol. The summed E-state index contributed by atoms with van der Waals surface area (Å²) in [5, 5.41) is 14.8. The van der Waals surface area contributed by atoms with Crippen molar-refractivity contribution in [3.63, 3.8) is 0 Å². The van der Waals surface area contributed by atoms with Gasteiger partial charge in [-0.3, -0.25) is 9.59 Å². The van der Waals surface area contributed by atoms with E-state index in [9.17, 15) is 9.59 Å². The van der Waals surface area contributed by atoms with Gasteiger partial charge in [0, 0.05) is 13.1 Å². The Morgan fingerprint density at radius 3 is 2.77 bits per heavy atom. The van der Waals surface area contributed by atoms with Crippen molar-refractivity contribution in [1.29, 1.82) is 0 Å². The molecule has 4 rings (SSSR count).